The minimum Gasteiger partial charge on any atom is -0.423 e. The lowest BCUT2D eigenvalue weighted by molar-refractivity contribution is 0.184. The second-order valence-electron chi connectivity index (χ2n) is 5.84. The Balaban J connectivity index is 1.73. The number of nitrogens with zero attached hydrogens (tertiary/aromatic N) is 3. The van der Waals surface area contributed by atoms with Crippen LogP contribution in [0.15, 0.2) is 63.2 Å². The molecule has 2 heterocycles. The highest BCUT2D eigenvalue weighted by Gasteiger charge is 2.12. The van der Waals surface area contributed by atoms with Gasteiger partial charge in [-0.1, -0.05) is 42.1 Å². The van der Waals surface area contributed by atoms with Crippen molar-refractivity contribution in [3.05, 3.63) is 64.8 Å². The summed E-state index contributed by atoms with van der Waals surface area (Å²) in [4.78, 5) is 12.0. The number of thioether (sulfide) groups is 1. The van der Waals surface area contributed by atoms with Crippen LogP contribution in [0, 0.1) is 0 Å². The number of benzene rings is 2. The number of methoxy groups -OCH3 is 1. The fraction of sp³-hybridized carbons (Fsp3) is 0.211. The zero-order valence-corrected chi connectivity index (χ0v) is 15.0. The first-order valence-electron chi connectivity index (χ1n) is 8.20. The fourth-order valence-electron chi connectivity index (χ4n) is 2.98. The lowest BCUT2D eigenvalue weighted by atomic mass is 10.0. The first-order chi connectivity index (χ1) is 12.8. The van der Waals surface area contributed by atoms with E-state index in [1.807, 2.05) is 34.9 Å². The molecule has 0 aliphatic carbocycles. The summed E-state index contributed by atoms with van der Waals surface area (Å²) in [6, 6.07) is 13.5. The summed E-state index contributed by atoms with van der Waals surface area (Å²) >= 11 is 1.54. The molecular weight excluding hydrogens is 350 g/mol. The molecule has 2 aromatic carbocycles. The molecule has 7 heteroatoms. The van der Waals surface area contributed by atoms with Gasteiger partial charge in [-0.15, -0.1) is 10.2 Å². The lowest BCUT2D eigenvalue weighted by Crippen LogP contribution is -2.05. The Labute approximate surface area is 153 Å². The molecule has 4 rings (SSSR count). The fourth-order valence-corrected chi connectivity index (χ4v) is 3.90. The second-order valence-corrected chi connectivity index (χ2v) is 6.78. The number of rotatable bonds is 6. The minimum absolute atomic E-state index is 0.343. The minimum atomic E-state index is -0.343. The van der Waals surface area contributed by atoms with Gasteiger partial charge in [0.05, 0.1) is 6.61 Å². The van der Waals surface area contributed by atoms with Gasteiger partial charge in [0, 0.05) is 30.9 Å². The summed E-state index contributed by atoms with van der Waals surface area (Å²) < 4.78 is 12.5. The SMILES string of the molecule is COCCn1cnnc1SCc1cc(=O)oc2ccc3ccccc3c12. The van der Waals surface area contributed by atoms with Crippen molar-refractivity contribution in [2.45, 2.75) is 17.5 Å². The van der Waals surface area contributed by atoms with Crippen LogP contribution in [-0.2, 0) is 17.0 Å². The Morgan fingerprint density at radius 1 is 1.23 bits per heavy atom. The van der Waals surface area contributed by atoms with Crippen LogP contribution >= 0.6 is 11.8 Å². The van der Waals surface area contributed by atoms with Gasteiger partial charge in [-0.05, 0) is 22.4 Å². The van der Waals surface area contributed by atoms with Crippen LogP contribution in [0.4, 0.5) is 0 Å². The van der Waals surface area contributed by atoms with Crippen LogP contribution in [-0.4, -0.2) is 28.5 Å². The molecule has 132 valence electrons. The molecule has 0 unspecified atom stereocenters. The highest BCUT2D eigenvalue weighted by molar-refractivity contribution is 7.98. The van der Waals surface area contributed by atoms with Crippen LogP contribution in [0.2, 0.25) is 0 Å². The van der Waals surface area contributed by atoms with Gasteiger partial charge in [0.2, 0.25) is 0 Å². The summed E-state index contributed by atoms with van der Waals surface area (Å²) in [6.45, 7) is 1.28. The maximum absolute atomic E-state index is 12.0. The molecule has 4 aromatic rings. The number of ether oxygens (including phenoxy) is 1. The van der Waals surface area contributed by atoms with E-state index < -0.39 is 0 Å². The number of hydrogen-bond acceptors (Lipinski definition) is 6. The average molecular weight is 367 g/mol. The van der Waals surface area contributed by atoms with Crippen LogP contribution in [0.25, 0.3) is 21.7 Å². The average Bonchev–Trinajstić information content (AvgIpc) is 3.11. The van der Waals surface area contributed by atoms with E-state index in [1.165, 1.54) is 0 Å². The molecule has 26 heavy (non-hydrogen) atoms. The van der Waals surface area contributed by atoms with Crippen molar-refractivity contribution >= 4 is 33.5 Å². The van der Waals surface area contributed by atoms with Crippen LogP contribution in [0.5, 0.6) is 0 Å². The van der Waals surface area contributed by atoms with E-state index >= 15 is 0 Å². The van der Waals surface area contributed by atoms with Gasteiger partial charge in [-0.3, -0.25) is 0 Å². The maximum atomic E-state index is 12.0. The molecule has 0 saturated heterocycles. The molecule has 0 amide bonds. The van der Waals surface area contributed by atoms with Crippen LogP contribution in [0.1, 0.15) is 5.56 Å². The molecule has 0 saturated carbocycles. The molecule has 6 nitrogen and oxygen atoms in total. The molecule has 0 N–H and O–H groups in total. The van der Waals surface area contributed by atoms with E-state index in [4.69, 9.17) is 9.15 Å². The van der Waals surface area contributed by atoms with Crippen molar-refractivity contribution in [2.75, 3.05) is 13.7 Å². The molecule has 0 radical (unpaired) electrons. The Morgan fingerprint density at radius 3 is 3.00 bits per heavy atom. The standard InChI is InChI=1S/C19H17N3O3S/c1-24-9-8-22-12-20-21-19(22)26-11-14-10-17(23)25-16-7-6-13-4-2-3-5-15(13)18(14)16/h2-7,10,12H,8-9,11H2,1H3. The Morgan fingerprint density at radius 2 is 2.12 bits per heavy atom. The third-order valence-electron chi connectivity index (χ3n) is 4.19. The predicted octanol–water partition coefficient (Wildman–Crippen LogP) is 3.48. The molecule has 0 aliphatic rings. The smallest absolute Gasteiger partial charge is 0.336 e. The van der Waals surface area contributed by atoms with E-state index in [0.29, 0.717) is 24.5 Å². The largest absolute Gasteiger partial charge is 0.423 e. The molecule has 0 spiro atoms. The highest BCUT2D eigenvalue weighted by atomic mass is 32.2. The molecule has 0 aliphatic heterocycles. The number of hydrogen-bond donors (Lipinski definition) is 0. The summed E-state index contributed by atoms with van der Waals surface area (Å²) in [5, 5.41) is 12.1. The summed E-state index contributed by atoms with van der Waals surface area (Å²) in [7, 11) is 1.66. The van der Waals surface area contributed by atoms with E-state index in [0.717, 1.165) is 26.9 Å². The van der Waals surface area contributed by atoms with E-state index in [1.54, 1.807) is 31.3 Å². The Hall–Kier alpha value is -2.64. The van der Waals surface area contributed by atoms with Gasteiger partial charge >= 0.3 is 5.63 Å². The van der Waals surface area contributed by atoms with Crippen molar-refractivity contribution in [2.24, 2.45) is 0 Å². The summed E-state index contributed by atoms with van der Waals surface area (Å²) in [6.07, 6.45) is 1.69. The first-order valence-corrected chi connectivity index (χ1v) is 9.19. The van der Waals surface area contributed by atoms with Gasteiger partial charge in [-0.25, -0.2) is 4.79 Å². The Bertz CT molecular complexity index is 1120. The van der Waals surface area contributed by atoms with E-state index in [-0.39, 0.29) is 5.63 Å². The lowest BCUT2D eigenvalue weighted by Gasteiger charge is -2.09. The molecule has 0 fully saturated rings. The van der Waals surface area contributed by atoms with Crippen LogP contribution in [0.3, 0.4) is 0 Å². The van der Waals surface area contributed by atoms with Crippen molar-refractivity contribution in [1.29, 1.82) is 0 Å². The monoisotopic (exact) mass is 367 g/mol. The summed E-state index contributed by atoms with van der Waals surface area (Å²) in [5.74, 6) is 0.599. The third kappa shape index (κ3) is 3.23. The van der Waals surface area contributed by atoms with Crippen LogP contribution < -0.4 is 5.63 Å². The van der Waals surface area contributed by atoms with E-state index in [2.05, 4.69) is 16.3 Å². The van der Waals surface area contributed by atoms with Gasteiger partial charge < -0.3 is 13.7 Å². The van der Waals surface area contributed by atoms with Gasteiger partial charge in [0.15, 0.2) is 5.16 Å². The van der Waals surface area contributed by atoms with Crippen molar-refractivity contribution in [3.63, 3.8) is 0 Å². The number of fused-ring (bicyclic) bond motifs is 3. The zero-order chi connectivity index (χ0) is 17.9. The molecule has 0 atom stereocenters. The second kappa shape index (κ2) is 7.31. The van der Waals surface area contributed by atoms with Crippen molar-refractivity contribution in [3.8, 4) is 0 Å². The third-order valence-corrected chi connectivity index (χ3v) is 5.22. The highest BCUT2D eigenvalue weighted by Crippen LogP contribution is 2.30. The predicted molar refractivity (Wildman–Crippen MR) is 101 cm³/mol. The van der Waals surface area contributed by atoms with Crippen molar-refractivity contribution < 1.29 is 9.15 Å². The Kier molecular flexibility index (Phi) is 4.73. The van der Waals surface area contributed by atoms with E-state index in [9.17, 15) is 4.79 Å². The zero-order valence-electron chi connectivity index (χ0n) is 14.2. The van der Waals surface area contributed by atoms with Gasteiger partial charge in [0.1, 0.15) is 11.9 Å². The van der Waals surface area contributed by atoms with Crippen molar-refractivity contribution in [1.82, 2.24) is 14.8 Å². The maximum Gasteiger partial charge on any atom is 0.336 e. The molecule has 2 aromatic heterocycles. The number of aromatic nitrogens is 3. The first kappa shape index (κ1) is 16.8. The topological polar surface area (TPSA) is 70.2 Å². The quantitative estimate of drug-likeness (QED) is 0.295. The van der Waals surface area contributed by atoms with Gasteiger partial charge in [0.25, 0.3) is 0 Å². The molecule has 0 bridgehead atoms. The normalized spacial score (nSPS) is 11.4. The summed E-state index contributed by atoms with van der Waals surface area (Å²) in [5.41, 5.74) is 1.19. The van der Waals surface area contributed by atoms with Gasteiger partial charge in [-0.2, -0.15) is 0 Å². The molecular formula is C19H17N3O3S.